The number of benzene rings is 1. The van der Waals surface area contributed by atoms with Crippen molar-refractivity contribution in [2.45, 2.75) is 6.54 Å². The van der Waals surface area contributed by atoms with Crippen molar-refractivity contribution in [1.29, 1.82) is 0 Å². The van der Waals surface area contributed by atoms with E-state index in [0.29, 0.717) is 11.2 Å². The number of hydrogen-bond acceptors (Lipinski definition) is 5. The number of halogens is 2. The van der Waals surface area contributed by atoms with Gasteiger partial charge in [0.25, 0.3) is 5.91 Å². The Bertz CT molecular complexity index is 973. The van der Waals surface area contributed by atoms with E-state index in [9.17, 15) is 14.0 Å². The van der Waals surface area contributed by atoms with Crippen LogP contribution in [0.25, 0.3) is 5.65 Å². The van der Waals surface area contributed by atoms with E-state index in [1.54, 1.807) is 6.07 Å². The molecule has 0 radical (unpaired) electrons. The Morgan fingerprint density at radius 1 is 1.32 bits per heavy atom. The molecule has 3 aromatic rings. The molecule has 0 bridgehead atoms. The van der Waals surface area contributed by atoms with Crippen molar-refractivity contribution in [3.63, 3.8) is 0 Å². The van der Waals surface area contributed by atoms with Gasteiger partial charge in [-0.05, 0) is 17.7 Å². The lowest BCUT2D eigenvalue weighted by Crippen LogP contribution is -2.25. The standard InChI is InChI=1S/C16H12ClFN4O3/c1-25-16(24)13-7-12(21-14-4-5-20-22(13)14)15(23)19-8-9-2-3-11(18)10(17)6-9/h2-7H,8H2,1H3,(H,19,23). The van der Waals surface area contributed by atoms with E-state index in [-0.39, 0.29) is 23.0 Å². The molecule has 0 saturated carbocycles. The van der Waals surface area contributed by atoms with Crippen LogP contribution in [-0.4, -0.2) is 33.6 Å². The van der Waals surface area contributed by atoms with E-state index in [1.807, 2.05) is 0 Å². The average Bonchev–Trinajstić information content (AvgIpc) is 3.09. The second-order valence-corrected chi connectivity index (χ2v) is 5.46. The zero-order chi connectivity index (χ0) is 18.0. The highest BCUT2D eigenvalue weighted by molar-refractivity contribution is 6.30. The lowest BCUT2D eigenvalue weighted by atomic mass is 10.2. The summed E-state index contributed by atoms with van der Waals surface area (Å²) in [6, 6.07) is 7.00. The van der Waals surface area contributed by atoms with E-state index in [2.05, 4.69) is 15.4 Å². The minimum absolute atomic E-state index is 0.0291. The Morgan fingerprint density at radius 2 is 2.12 bits per heavy atom. The summed E-state index contributed by atoms with van der Waals surface area (Å²) in [4.78, 5) is 28.3. The van der Waals surface area contributed by atoms with Crippen molar-refractivity contribution in [2.24, 2.45) is 0 Å². The number of nitrogens with zero attached hydrogens (tertiary/aromatic N) is 3. The summed E-state index contributed by atoms with van der Waals surface area (Å²) in [6.07, 6.45) is 1.46. The van der Waals surface area contributed by atoms with Gasteiger partial charge in [-0.1, -0.05) is 17.7 Å². The molecule has 0 saturated heterocycles. The van der Waals surface area contributed by atoms with Gasteiger partial charge in [0.1, 0.15) is 11.5 Å². The number of methoxy groups -OCH3 is 1. The van der Waals surface area contributed by atoms with Crippen LogP contribution in [-0.2, 0) is 11.3 Å². The fraction of sp³-hybridized carbons (Fsp3) is 0.125. The number of aromatic nitrogens is 3. The molecular weight excluding hydrogens is 351 g/mol. The molecule has 0 fully saturated rings. The summed E-state index contributed by atoms with van der Waals surface area (Å²) < 4.78 is 19.1. The van der Waals surface area contributed by atoms with Crippen LogP contribution in [0, 0.1) is 5.82 Å². The lowest BCUT2D eigenvalue weighted by Gasteiger charge is -2.08. The second-order valence-electron chi connectivity index (χ2n) is 5.05. The Labute approximate surface area is 146 Å². The molecule has 128 valence electrons. The van der Waals surface area contributed by atoms with Gasteiger partial charge < -0.3 is 10.1 Å². The van der Waals surface area contributed by atoms with E-state index < -0.39 is 17.7 Å². The van der Waals surface area contributed by atoms with Crippen LogP contribution in [0.5, 0.6) is 0 Å². The first-order chi connectivity index (χ1) is 12.0. The van der Waals surface area contributed by atoms with Gasteiger partial charge in [0.05, 0.1) is 18.3 Å². The molecule has 3 rings (SSSR count). The SMILES string of the molecule is COC(=O)c1cc(C(=O)NCc2ccc(F)c(Cl)c2)nc2ccnn12. The number of ether oxygens (including phenoxy) is 1. The number of hydrogen-bond donors (Lipinski definition) is 1. The van der Waals surface area contributed by atoms with Crippen LogP contribution in [0.4, 0.5) is 4.39 Å². The molecule has 25 heavy (non-hydrogen) atoms. The molecule has 9 heteroatoms. The van der Waals surface area contributed by atoms with Gasteiger partial charge >= 0.3 is 5.97 Å². The molecule has 2 aromatic heterocycles. The minimum atomic E-state index is -0.643. The van der Waals surface area contributed by atoms with Crippen molar-refractivity contribution in [2.75, 3.05) is 7.11 Å². The largest absolute Gasteiger partial charge is 0.464 e. The Hall–Kier alpha value is -3.00. The molecular formula is C16H12ClFN4O3. The van der Waals surface area contributed by atoms with Gasteiger partial charge in [0.15, 0.2) is 11.3 Å². The van der Waals surface area contributed by atoms with Crippen LogP contribution in [0.3, 0.4) is 0 Å². The van der Waals surface area contributed by atoms with Crippen molar-refractivity contribution in [3.05, 3.63) is 64.3 Å². The number of amides is 1. The highest BCUT2D eigenvalue weighted by Gasteiger charge is 2.17. The number of rotatable bonds is 4. The van der Waals surface area contributed by atoms with Gasteiger partial charge in [-0.3, -0.25) is 4.79 Å². The zero-order valence-electron chi connectivity index (χ0n) is 13.0. The van der Waals surface area contributed by atoms with E-state index in [4.69, 9.17) is 16.3 Å². The van der Waals surface area contributed by atoms with E-state index >= 15 is 0 Å². The predicted molar refractivity (Wildman–Crippen MR) is 86.9 cm³/mol. The van der Waals surface area contributed by atoms with Gasteiger partial charge in [-0.15, -0.1) is 0 Å². The molecule has 7 nitrogen and oxygen atoms in total. The van der Waals surface area contributed by atoms with E-state index in [0.717, 1.165) is 0 Å². The number of nitrogens with one attached hydrogen (secondary N) is 1. The summed E-state index contributed by atoms with van der Waals surface area (Å²) in [7, 11) is 1.23. The fourth-order valence-electron chi connectivity index (χ4n) is 2.20. The van der Waals surface area contributed by atoms with Crippen LogP contribution >= 0.6 is 11.6 Å². The quantitative estimate of drug-likeness (QED) is 0.719. The number of fused-ring (bicyclic) bond motifs is 1. The molecule has 0 unspecified atom stereocenters. The molecule has 0 spiro atoms. The number of carbonyl (C=O) groups excluding carboxylic acids is 2. The second kappa shape index (κ2) is 6.86. The molecule has 0 aliphatic rings. The summed E-state index contributed by atoms with van der Waals surface area (Å²) in [5, 5.41) is 6.58. The molecule has 0 atom stereocenters. The van der Waals surface area contributed by atoms with Gasteiger partial charge in [-0.2, -0.15) is 5.10 Å². The number of carbonyl (C=O) groups is 2. The third-order valence-corrected chi connectivity index (χ3v) is 3.71. The molecule has 1 amide bonds. The van der Waals surface area contributed by atoms with Gasteiger partial charge in [0.2, 0.25) is 0 Å². The molecule has 0 aliphatic carbocycles. The number of esters is 1. The monoisotopic (exact) mass is 362 g/mol. The summed E-state index contributed by atoms with van der Waals surface area (Å²) >= 11 is 5.71. The van der Waals surface area contributed by atoms with Crippen molar-refractivity contribution in [1.82, 2.24) is 19.9 Å². The first-order valence-electron chi connectivity index (χ1n) is 7.15. The molecule has 2 heterocycles. The molecule has 1 N–H and O–H groups in total. The van der Waals surface area contributed by atoms with Crippen molar-refractivity contribution < 1.29 is 18.7 Å². The Kier molecular flexibility index (Phi) is 4.62. The maximum atomic E-state index is 13.2. The normalized spacial score (nSPS) is 10.7. The lowest BCUT2D eigenvalue weighted by molar-refractivity contribution is 0.0590. The third kappa shape index (κ3) is 3.43. The minimum Gasteiger partial charge on any atom is -0.464 e. The average molecular weight is 363 g/mol. The summed E-state index contributed by atoms with van der Waals surface area (Å²) in [5.74, 6) is -1.68. The van der Waals surface area contributed by atoms with Crippen LogP contribution in [0.1, 0.15) is 26.5 Å². The highest BCUT2D eigenvalue weighted by Crippen LogP contribution is 2.16. The first-order valence-corrected chi connectivity index (χ1v) is 7.52. The first kappa shape index (κ1) is 16.8. The van der Waals surface area contributed by atoms with Crippen LogP contribution < -0.4 is 5.32 Å². The maximum absolute atomic E-state index is 13.2. The summed E-state index contributed by atoms with van der Waals surface area (Å²) in [6.45, 7) is 0.124. The predicted octanol–water partition coefficient (Wildman–Crippen LogP) is 2.24. The highest BCUT2D eigenvalue weighted by atomic mass is 35.5. The zero-order valence-corrected chi connectivity index (χ0v) is 13.7. The van der Waals surface area contributed by atoms with Crippen molar-refractivity contribution in [3.8, 4) is 0 Å². The molecule has 1 aromatic carbocycles. The molecule has 0 aliphatic heterocycles. The van der Waals surface area contributed by atoms with Crippen molar-refractivity contribution >= 4 is 29.1 Å². The van der Waals surface area contributed by atoms with Gasteiger partial charge in [-0.25, -0.2) is 18.7 Å². The van der Waals surface area contributed by atoms with E-state index in [1.165, 1.54) is 42.1 Å². The topological polar surface area (TPSA) is 85.6 Å². The third-order valence-electron chi connectivity index (χ3n) is 3.42. The Morgan fingerprint density at radius 3 is 2.84 bits per heavy atom. The summed E-state index contributed by atoms with van der Waals surface area (Å²) in [5.41, 5.74) is 1.06. The van der Waals surface area contributed by atoms with Crippen LogP contribution in [0.2, 0.25) is 5.02 Å². The Balaban J connectivity index is 1.84. The van der Waals surface area contributed by atoms with Gasteiger partial charge in [0, 0.05) is 18.7 Å². The smallest absolute Gasteiger partial charge is 0.356 e. The van der Waals surface area contributed by atoms with Crippen LogP contribution in [0.15, 0.2) is 36.5 Å². The maximum Gasteiger partial charge on any atom is 0.356 e. The fourth-order valence-corrected chi connectivity index (χ4v) is 2.40.